The van der Waals surface area contributed by atoms with Crippen LogP contribution in [0, 0.1) is 11.3 Å². The van der Waals surface area contributed by atoms with E-state index in [-0.39, 0.29) is 5.57 Å². The van der Waals surface area contributed by atoms with Crippen molar-refractivity contribution in [2.75, 3.05) is 5.32 Å². The Morgan fingerprint density at radius 3 is 2.56 bits per heavy atom. The molecule has 0 saturated carbocycles. The monoisotopic (exact) mass is 348 g/mol. The zero-order chi connectivity index (χ0) is 17.6. The van der Waals surface area contributed by atoms with Gasteiger partial charge in [0.05, 0.1) is 11.9 Å². The molecule has 0 fully saturated rings. The number of rotatable bonds is 4. The number of hydrogen-bond donors (Lipinski definition) is 1. The van der Waals surface area contributed by atoms with Crippen molar-refractivity contribution in [3.8, 4) is 11.8 Å². The van der Waals surface area contributed by atoms with Crippen LogP contribution < -0.4 is 5.32 Å². The van der Waals surface area contributed by atoms with Gasteiger partial charge in [-0.25, -0.2) is 4.68 Å². The maximum Gasteiger partial charge on any atom is 0.266 e. The molecule has 1 heterocycles. The molecule has 5 nitrogen and oxygen atoms in total. The van der Waals surface area contributed by atoms with Crippen LogP contribution in [0.4, 0.5) is 5.69 Å². The molecule has 0 aliphatic heterocycles. The maximum absolute atomic E-state index is 12.2. The van der Waals surface area contributed by atoms with Crippen molar-refractivity contribution in [3.63, 3.8) is 0 Å². The fourth-order valence-corrected chi connectivity index (χ4v) is 2.31. The van der Waals surface area contributed by atoms with E-state index in [0.717, 1.165) is 5.69 Å². The van der Waals surface area contributed by atoms with Crippen molar-refractivity contribution in [3.05, 3.63) is 83.2 Å². The minimum atomic E-state index is -0.489. The van der Waals surface area contributed by atoms with E-state index in [0.29, 0.717) is 16.3 Å². The van der Waals surface area contributed by atoms with Crippen molar-refractivity contribution in [2.24, 2.45) is 0 Å². The van der Waals surface area contributed by atoms with Gasteiger partial charge in [0.25, 0.3) is 5.91 Å². The fourth-order valence-electron chi connectivity index (χ4n) is 2.18. The molecule has 0 spiro atoms. The lowest BCUT2D eigenvalue weighted by atomic mass is 10.2. The maximum atomic E-state index is 12.2. The van der Waals surface area contributed by atoms with Crippen LogP contribution in [0.3, 0.4) is 0 Å². The Labute approximate surface area is 149 Å². The number of aromatic nitrogens is 2. The van der Waals surface area contributed by atoms with Gasteiger partial charge in [0.1, 0.15) is 11.6 Å². The summed E-state index contributed by atoms with van der Waals surface area (Å²) < 4.78 is 1.68. The Bertz CT molecular complexity index is 953. The molecule has 2 aromatic carbocycles. The molecular weight excluding hydrogens is 336 g/mol. The highest BCUT2D eigenvalue weighted by Crippen LogP contribution is 2.15. The quantitative estimate of drug-likeness (QED) is 0.570. The van der Waals surface area contributed by atoms with E-state index in [1.54, 1.807) is 41.3 Å². The Kier molecular flexibility index (Phi) is 4.93. The van der Waals surface area contributed by atoms with Gasteiger partial charge in [-0.05, 0) is 42.5 Å². The van der Waals surface area contributed by atoms with Crippen LogP contribution in [-0.4, -0.2) is 15.7 Å². The summed E-state index contributed by atoms with van der Waals surface area (Å²) in [6.45, 7) is 0. The molecule has 0 atom stereocenters. The zero-order valence-corrected chi connectivity index (χ0v) is 13.8. The van der Waals surface area contributed by atoms with Gasteiger partial charge in [0.15, 0.2) is 0 Å². The molecule has 0 saturated heterocycles. The molecule has 1 aromatic heterocycles. The standard InChI is InChI=1S/C19H13ClN4O/c20-16-6-8-17(9-7-16)23-19(25)15(11-21)10-14-12-22-24(13-14)18-4-2-1-3-5-18/h1-10,12-13H,(H,23,25)/b15-10+. The number of benzene rings is 2. The SMILES string of the molecule is N#C/C(=C\c1cnn(-c2ccccc2)c1)C(=O)Nc1ccc(Cl)cc1. The van der Waals surface area contributed by atoms with Crippen molar-refractivity contribution in [1.82, 2.24) is 9.78 Å². The van der Waals surface area contributed by atoms with E-state index in [1.807, 2.05) is 36.4 Å². The number of para-hydroxylation sites is 1. The lowest BCUT2D eigenvalue weighted by molar-refractivity contribution is -0.112. The molecular formula is C19H13ClN4O. The topological polar surface area (TPSA) is 70.7 Å². The molecule has 0 radical (unpaired) electrons. The van der Waals surface area contributed by atoms with E-state index in [2.05, 4.69) is 10.4 Å². The van der Waals surface area contributed by atoms with E-state index in [1.165, 1.54) is 6.08 Å². The summed E-state index contributed by atoms with van der Waals surface area (Å²) in [6.07, 6.45) is 4.85. The third-order valence-electron chi connectivity index (χ3n) is 3.40. The first kappa shape index (κ1) is 16.5. The average molecular weight is 349 g/mol. The van der Waals surface area contributed by atoms with E-state index in [4.69, 9.17) is 11.6 Å². The third kappa shape index (κ3) is 4.14. The molecule has 1 N–H and O–H groups in total. The van der Waals surface area contributed by atoms with Gasteiger partial charge in [0.2, 0.25) is 0 Å². The second-order valence-electron chi connectivity index (χ2n) is 5.18. The number of halogens is 1. The summed E-state index contributed by atoms with van der Waals surface area (Å²) in [5, 5.41) is 16.8. The molecule has 25 heavy (non-hydrogen) atoms. The molecule has 6 heteroatoms. The van der Waals surface area contributed by atoms with Crippen molar-refractivity contribution in [1.29, 1.82) is 5.26 Å². The predicted octanol–water partition coefficient (Wildman–Crippen LogP) is 4.07. The number of amides is 1. The van der Waals surface area contributed by atoms with Crippen LogP contribution in [0.1, 0.15) is 5.56 Å². The van der Waals surface area contributed by atoms with Gasteiger partial charge in [-0.1, -0.05) is 29.8 Å². The largest absolute Gasteiger partial charge is 0.321 e. The number of hydrogen-bond acceptors (Lipinski definition) is 3. The van der Waals surface area contributed by atoms with Crippen molar-refractivity contribution >= 4 is 29.3 Å². The summed E-state index contributed by atoms with van der Waals surface area (Å²) in [6, 6.07) is 18.2. The van der Waals surface area contributed by atoms with Crippen LogP contribution >= 0.6 is 11.6 Å². The highest BCUT2D eigenvalue weighted by Gasteiger charge is 2.10. The fraction of sp³-hybridized carbons (Fsp3) is 0. The van der Waals surface area contributed by atoms with Crippen LogP contribution in [0.2, 0.25) is 5.02 Å². The van der Waals surface area contributed by atoms with Gasteiger partial charge >= 0.3 is 0 Å². The van der Waals surface area contributed by atoms with Gasteiger partial charge in [-0.15, -0.1) is 0 Å². The molecule has 122 valence electrons. The number of nitrogens with one attached hydrogen (secondary N) is 1. The average Bonchev–Trinajstić information content (AvgIpc) is 3.11. The van der Waals surface area contributed by atoms with Crippen LogP contribution in [-0.2, 0) is 4.79 Å². The van der Waals surface area contributed by atoms with Gasteiger partial charge in [-0.3, -0.25) is 4.79 Å². The normalized spacial score (nSPS) is 11.0. The Morgan fingerprint density at radius 2 is 1.88 bits per heavy atom. The van der Waals surface area contributed by atoms with Crippen LogP contribution in [0.5, 0.6) is 0 Å². The first-order chi connectivity index (χ1) is 12.2. The van der Waals surface area contributed by atoms with Crippen LogP contribution in [0.15, 0.2) is 72.6 Å². The summed E-state index contributed by atoms with van der Waals surface area (Å²) in [5.74, 6) is -0.489. The van der Waals surface area contributed by atoms with E-state index < -0.39 is 5.91 Å². The first-order valence-electron chi connectivity index (χ1n) is 7.44. The summed E-state index contributed by atoms with van der Waals surface area (Å²) in [4.78, 5) is 12.2. The predicted molar refractivity (Wildman–Crippen MR) is 97.2 cm³/mol. The summed E-state index contributed by atoms with van der Waals surface area (Å²) in [7, 11) is 0. The van der Waals surface area contributed by atoms with Gasteiger partial charge in [0, 0.05) is 22.5 Å². The minimum absolute atomic E-state index is 0.0115. The lowest BCUT2D eigenvalue weighted by Crippen LogP contribution is -2.13. The van der Waals surface area contributed by atoms with Crippen LogP contribution in [0.25, 0.3) is 11.8 Å². The number of carbonyl (C=O) groups excluding carboxylic acids is 1. The molecule has 3 aromatic rings. The minimum Gasteiger partial charge on any atom is -0.321 e. The number of nitriles is 1. The van der Waals surface area contributed by atoms with Crippen molar-refractivity contribution < 1.29 is 4.79 Å². The Hall–Kier alpha value is -3.36. The third-order valence-corrected chi connectivity index (χ3v) is 3.65. The number of nitrogens with zero attached hydrogens (tertiary/aromatic N) is 3. The molecule has 1 amide bonds. The molecule has 3 rings (SSSR count). The summed E-state index contributed by atoms with van der Waals surface area (Å²) >= 11 is 5.81. The second-order valence-corrected chi connectivity index (χ2v) is 5.62. The van der Waals surface area contributed by atoms with Gasteiger partial charge < -0.3 is 5.32 Å². The molecule has 0 aliphatic carbocycles. The first-order valence-corrected chi connectivity index (χ1v) is 7.82. The number of anilines is 1. The summed E-state index contributed by atoms with van der Waals surface area (Å²) in [5.41, 5.74) is 2.11. The number of carbonyl (C=O) groups is 1. The lowest BCUT2D eigenvalue weighted by Gasteiger charge is -2.03. The Balaban J connectivity index is 1.78. The van der Waals surface area contributed by atoms with Gasteiger partial charge in [-0.2, -0.15) is 10.4 Å². The smallest absolute Gasteiger partial charge is 0.266 e. The Morgan fingerprint density at radius 1 is 1.16 bits per heavy atom. The highest BCUT2D eigenvalue weighted by molar-refractivity contribution is 6.30. The van der Waals surface area contributed by atoms with Crippen molar-refractivity contribution in [2.45, 2.75) is 0 Å². The van der Waals surface area contributed by atoms with E-state index >= 15 is 0 Å². The zero-order valence-electron chi connectivity index (χ0n) is 13.1. The highest BCUT2D eigenvalue weighted by atomic mass is 35.5. The molecule has 0 bridgehead atoms. The molecule has 0 aliphatic rings. The van der Waals surface area contributed by atoms with E-state index in [9.17, 15) is 10.1 Å². The molecule has 0 unspecified atom stereocenters. The second kappa shape index (κ2) is 7.47.